The third-order valence-corrected chi connectivity index (χ3v) is 7.08. The highest BCUT2D eigenvalue weighted by molar-refractivity contribution is 7.58. The summed E-state index contributed by atoms with van der Waals surface area (Å²) in [5.74, 6) is 0.753. The van der Waals surface area contributed by atoms with Crippen molar-refractivity contribution >= 4 is 8.09 Å². The standard InChI is InChI=1S/C26H57NO3P/c1-4-5-6-7-8-9-10-11-12-13-14-15-16-17-18-21-24-29-31(27,28)30-25-22-19-20-23-26(2)3/h26,28H,4-25,27H2,1-3H3/q+1. The van der Waals surface area contributed by atoms with Crippen LogP contribution in [0.15, 0.2) is 0 Å². The Hall–Kier alpha value is 0.270. The largest absolute Gasteiger partial charge is 0.496 e. The average molecular weight is 463 g/mol. The Kier molecular flexibility index (Phi) is 23.6. The molecule has 0 saturated carbocycles. The summed E-state index contributed by atoms with van der Waals surface area (Å²) in [5.41, 5.74) is 5.77. The maximum atomic E-state index is 10.0. The first-order chi connectivity index (χ1) is 15.0. The van der Waals surface area contributed by atoms with E-state index in [9.17, 15) is 4.89 Å². The molecule has 0 rings (SSSR count). The van der Waals surface area contributed by atoms with Gasteiger partial charge in [0, 0.05) is 0 Å². The van der Waals surface area contributed by atoms with Crippen molar-refractivity contribution in [2.75, 3.05) is 13.2 Å². The molecular weight excluding hydrogens is 405 g/mol. The molecule has 0 fully saturated rings. The van der Waals surface area contributed by atoms with E-state index in [4.69, 9.17) is 14.6 Å². The van der Waals surface area contributed by atoms with Crippen LogP contribution in [0.2, 0.25) is 0 Å². The lowest BCUT2D eigenvalue weighted by Gasteiger charge is -2.11. The lowest BCUT2D eigenvalue weighted by atomic mass is 10.0. The van der Waals surface area contributed by atoms with Gasteiger partial charge in [0.1, 0.15) is 0 Å². The molecule has 0 amide bonds. The highest BCUT2D eigenvalue weighted by atomic mass is 31.2. The van der Waals surface area contributed by atoms with E-state index in [0.717, 1.165) is 31.6 Å². The van der Waals surface area contributed by atoms with Gasteiger partial charge < -0.3 is 0 Å². The van der Waals surface area contributed by atoms with Crippen molar-refractivity contribution < 1.29 is 13.9 Å². The quantitative estimate of drug-likeness (QED) is 0.105. The second-order valence-electron chi connectivity index (χ2n) is 9.78. The summed E-state index contributed by atoms with van der Waals surface area (Å²) in [6.45, 7) is 7.77. The fourth-order valence-corrected chi connectivity index (χ4v) is 4.77. The molecule has 4 nitrogen and oxygen atoms in total. The Labute approximate surface area is 196 Å². The van der Waals surface area contributed by atoms with Gasteiger partial charge in [-0.15, -0.1) is 5.50 Å². The van der Waals surface area contributed by atoms with E-state index < -0.39 is 8.09 Å². The molecule has 5 heteroatoms. The zero-order valence-corrected chi connectivity index (χ0v) is 22.3. The SMILES string of the molecule is CCCCCCCCCCCCCCCCCCO[P+](N)(O)OCCCCCC(C)C. The molecule has 188 valence electrons. The smallest absolute Gasteiger partial charge is 0.178 e. The Morgan fingerprint density at radius 1 is 0.581 bits per heavy atom. The van der Waals surface area contributed by atoms with Crippen molar-refractivity contribution in [3.63, 3.8) is 0 Å². The minimum Gasteiger partial charge on any atom is -0.178 e. The van der Waals surface area contributed by atoms with Crippen molar-refractivity contribution in [3.05, 3.63) is 0 Å². The van der Waals surface area contributed by atoms with Crippen molar-refractivity contribution in [3.8, 4) is 0 Å². The third-order valence-electron chi connectivity index (χ3n) is 5.98. The lowest BCUT2D eigenvalue weighted by Crippen LogP contribution is -2.12. The first kappa shape index (κ1) is 31.3. The molecule has 0 spiro atoms. The first-order valence-electron chi connectivity index (χ1n) is 13.7. The van der Waals surface area contributed by atoms with Crippen LogP contribution in [0.1, 0.15) is 149 Å². The predicted octanol–water partition coefficient (Wildman–Crippen LogP) is 9.13. The molecule has 0 heterocycles. The van der Waals surface area contributed by atoms with Gasteiger partial charge in [-0.2, -0.15) is 13.9 Å². The number of rotatable bonds is 25. The van der Waals surface area contributed by atoms with E-state index in [-0.39, 0.29) is 0 Å². The number of nitrogens with two attached hydrogens (primary N) is 1. The fraction of sp³-hybridized carbons (Fsp3) is 1.00. The molecule has 0 aromatic carbocycles. The molecule has 0 aliphatic carbocycles. The summed E-state index contributed by atoms with van der Waals surface area (Å²) in [6.07, 6.45) is 26.1. The monoisotopic (exact) mass is 462 g/mol. The molecule has 31 heavy (non-hydrogen) atoms. The van der Waals surface area contributed by atoms with Crippen LogP contribution in [-0.4, -0.2) is 18.1 Å². The second kappa shape index (κ2) is 23.4. The molecule has 1 unspecified atom stereocenters. The topological polar surface area (TPSA) is 64.7 Å². The van der Waals surface area contributed by atoms with E-state index in [2.05, 4.69) is 20.8 Å². The highest BCUT2D eigenvalue weighted by Crippen LogP contribution is 2.48. The molecule has 0 saturated heterocycles. The second-order valence-corrected chi connectivity index (χ2v) is 11.4. The van der Waals surface area contributed by atoms with Gasteiger partial charge in [-0.05, 0) is 18.8 Å². The molecule has 0 bridgehead atoms. The number of hydrogen-bond acceptors (Lipinski definition) is 4. The Bertz CT molecular complexity index is 354. The molecular formula is C26H57NO3P+. The molecule has 0 aliphatic rings. The Morgan fingerprint density at radius 3 is 1.26 bits per heavy atom. The molecule has 3 N–H and O–H groups in total. The van der Waals surface area contributed by atoms with E-state index in [1.165, 1.54) is 103 Å². The summed E-state index contributed by atoms with van der Waals surface area (Å²) in [7, 11) is -3.10. The van der Waals surface area contributed by atoms with E-state index in [1.54, 1.807) is 0 Å². The van der Waals surface area contributed by atoms with Gasteiger partial charge in [0.25, 0.3) is 0 Å². The van der Waals surface area contributed by atoms with Crippen molar-refractivity contribution in [1.29, 1.82) is 0 Å². The van der Waals surface area contributed by atoms with Gasteiger partial charge in [0.15, 0.2) is 0 Å². The van der Waals surface area contributed by atoms with Crippen molar-refractivity contribution in [1.82, 2.24) is 0 Å². The van der Waals surface area contributed by atoms with Gasteiger partial charge >= 0.3 is 8.09 Å². The van der Waals surface area contributed by atoms with Crippen molar-refractivity contribution in [2.24, 2.45) is 11.4 Å². The summed E-state index contributed by atoms with van der Waals surface area (Å²) in [6, 6.07) is 0. The van der Waals surface area contributed by atoms with Gasteiger partial charge in [-0.3, -0.25) is 0 Å². The maximum Gasteiger partial charge on any atom is 0.496 e. The normalized spacial score (nSPS) is 13.7. The van der Waals surface area contributed by atoms with Crippen LogP contribution in [0.3, 0.4) is 0 Å². The highest BCUT2D eigenvalue weighted by Gasteiger charge is 2.35. The van der Waals surface area contributed by atoms with Gasteiger partial charge in [-0.25, -0.2) is 0 Å². The molecule has 0 aliphatic heterocycles. The zero-order chi connectivity index (χ0) is 23.0. The van der Waals surface area contributed by atoms with Crippen LogP contribution in [0.5, 0.6) is 0 Å². The van der Waals surface area contributed by atoms with E-state index in [1.807, 2.05) is 0 Å². The van der Waals surface area contributed by atoms with Gasteiger partial charge in [0.2, 0.25) is 0 Å². The van der Waals surface area contributed by atoms with E-state index in [0.29, 0.717) is 13.2 Å². The van der Waals surface area contributed by atoms with Crippen LogP contribution in [0.25, 0.3) is 0 Å². The molecule has 1 atom stereocenters. The van der Waals surface area contributed by atoms with Gasteiger partial charge in [-0.1, -0.05) is 136 Å². The van der Waals surface area contributed by atoms with Crippen LogP contribution in [0.4, 0.5) is 0 Å². The Morgan fingerprint density at radius 2 is 0.903 bits per heavy atom. The zero-order valence-electron chi connectivity index (χ0n) is 21.4. The van der Waals surface area contributed by atoms with Gasteiger partial charge in [0.05, 0.1) is 13.2 Å². The van der Waals surface area contributed by atoms with Crippen LogP contribution in [-0.2, 0) is 9.05 Å². The molecule has 0 radical (unpaired) electrons. The third kappa shape index (κ3) is 26.4. The fourth-order valence-electron chi connectivity index (χ4n) is 3.91. The number of unbranched alkanes of at least 4 members (excludes halogenated alkanes) is 17. The maximum absolute atomic E-state index is 10.0. The molecule has 0 aromatic rings. The number of hydrogen-bond donors (Lipinski definition) is 2. The van der Waals surface area contributed by atoms with E-state index >= 15 is 0 Å². The lowest BCUT2D eigenvalue weighted by molar-refractivity contribution is 0.170. The minimum absolute atomic E-state index is 0.498. The summed E-state index contributed by atoms with van der Waals surface area (Å²) in [4.78, 5) is 10.0. The van der Waals surface area contributed by atoms with Crippen LogP contribution >= 0.6 is 8.09 Å². The van der Waals surface area contributed by atoms with Crippen LogP contribution < -0.4 is 5.50 Å². The summed E-state index contributed by atoms with van der Waals surface area (Å²) in [5, 5.41) is 0. The average Bonchev–Trinajstić information content (AvgIpc) is 2.72. The van der Waals surface area contributed by atoms with Crippen molar-refractivity contribution in [2.45, 2.75) is 149 Å². The molecule has 0 aromatic heterocycles. The predicted molar refractivity (Wildman–Crippen MR) is 138 cm³/mol. The Balaban J connectivity index is 3.25. The van der Waals surface area contributed by atoms with Crippen LogP contribution in [0, 0.1) is 5.92 Å². The summed E-state index contributed by atoms with van der Waals surface area (Å²) < 4.78 is 10.8. The first-order valence-corrected chi connectivity index (χ1v) is 15.3. The minimum atomic E-state index is -3.10. The summed E-state index contributed by atoms with van der Waals surface area (Å²) >= 11 is 0.